The normalized spacial score (nSPS) is 16.7. The summed E-state index contributed by atoms with van der Waals surface area (Å²) in [6, 6.07) is 9.62. The highest BCUT2D eigenvalue weighted by atomic mass is 35.5. The zero-order valence-electron chi connectivity index (χ0n) is 22.7. The van der Waals surface area contributed by atoms with Gasteiger partial charge >= 0.3 is 0 Å². The van der Waals surface area contributed by atoms with Crippen LogP contribution >= 0.6 is 11.6 Å². The Hall–Kier alpha value is -4.64. The van der Waals surface area contributed by atoms with Crippen LogP contribution in [-0.4, -0.2) is 60.9 Å². The maximum Gasteiger partial charge on any atom is 0.264 e. The van der Waals surface area contributed by atoms with Crippen LogP contribution in [0.15, 0.2) is 55.0 Å². The Morgan fingerprint density at radius 3 is 2.67 bits per heavy atom. The van der Waals surface area contributed by atoms with E-state index in [1.54, 1.807) is 36.7 Å². The molecule has 12 heteroatoms. The number of para-hydroxylation sites is 1. The van der Waals surface area contributed by atoms with Gasteiger partial charge in [0, 0.05) is 37.0 Å². The lowest BCUT2D eigenvalue weighted by Gasteiger charge is -2.27. The minimum Gasteiger partial charge on any atom is -0.384 e. The van der Waals surface area contributed by atoms with Crippen LogP contribution in [0.2, 0.25) is 5.02 Å². The molecule has 2 N–H and O–H groups in total. The summed E-state index contributed by atoms with van der Waals surface area (Å²) < 4.78 is 1.90. The molecule has 1 fully saturated rings. The van der Waals surface area contributed by atoms with Gasteiger partial charge < -0.3 is 5.32 Å². The van der Waals surface area contributed by atoms with Gasteiger partial charge in [-0.05, 0) is 43.5 Å². The van der Waals surface area contributed by atoms with E-state index in [9.17, 15) is 19.2 Å². The first-order valence-corrected chi connectivity index (χ1v) is 14.3. The van der Waals surface area contributed by atoms with E-state index in [1.165, 1.54) is 0 Å². The van der Waals surface area contributed by atoms with E-state index in [2.05, 4.69) is 25.7 Å². The van der Waals surface area contributed by atoms with Gasteiger partial charge in [-0.3, -0.25) is 39.1 Å². The van der Waals surface area contributed by atoms with Crippen molar-refractivity contribution in [2.75, 3.05) is 11.9 Å². The van der Waals surface area contributed by atoms with E-state index in [0.29, 0.717) is 22.8 Å². The summed E-state index contributed by atoms with van der Waals surface area (Å²) in [6.07, 6.45) is 9.48. The van der Waals surface area contributed by atoms with Crippen LogP contribution in [0.3, 0.4) is 0 Å². The number of amides is 4. The second kappa shape index (κ2) is 11.7. The summed E-state index contributed by atoms with van der Waals surface area (Å²) in [7, 11) is 0. The molecule has 0 radical (unpaired) electrons. The average molecular weight is 586 g/mol. The average Bonchev–Trinajstić information content (AvgIpc) is 3.56. The number of carbonyl (C=O) groups is 4. The number of fused-ring (bicyclic) bond motifs is 2. The van der Waals surface area contributed by atoms with Crippen molar-refractivity contribution in [1.82, 2.24) is 30.0 Å². The van der Waals surface area contributed by atoms with Crippen LogP contribution in [-0.2, 0) is 16.1 Å². The Kier molecular flexibility index (Phi) is 7.66. The van der Waals surface area contributed by atoms with E-state index < -0.39 is 29.7 Å². The predicted octanol–water partition coefficient (Wildman–Crippen LogP) is 4.22. The van der Waals surface area contributed by atoms with E-state index in [4.69, 9.17) is 11.6 Å². The number of anilines is 1. The molecule has 6 rings (SSSR count). The number of aryl methyl sites for hydroxylation is 1. The lowest BCUT2D eigenvalue weighted by molar-refractivity contribution is -0.136. The first-order valence-electron chi connectivity index (χ1n) is 13.9. The maximum absolute atomic E-state index is 13.2. The van der Waals surface area contributed by atoms with Crippen molar-refractivity contribution in [2.24, 2.45) is 0 Å². The fourth-order valence-corrected chi connectivity index (χ4v) is 5.61. The van der Waals surface area contributed by atoms with Crippen LogP contribution in [0, 0.1) is 0 Å². The molecule has 1 saturated heterocycles. The molecule has 2 aliphatic rings. The number of benzene rings is 2. The molecule has 0 aliphatic carbocycles. The number of unbranched alkanes of at least 4 members (excludes halogenated alkanes) is 3. The van der Waals surface area contributed by atoms with Gasteiger partial charge in [0.15, 0.2) is 0 Å². The molecule has 4 aromatic rings. The minimum absolute atomic E-state index is 0.0882. The standard InChI is InChI=1S/C30H28ClN7O4/c31-20-8-6-10-22-27(20)35-23(16-33-22)18-15-34-37(17-18)14-4-2-1-3-13-32-21-9-5-7-19-26(21)30(42)38(29(19)41)24-11-12-25(39)36-28(24)40/h5-10,15-17,24,32H,1-4,11-14H2,(H,36,39,40). The molecule has 2 aromatic carbocycles. The number of nitrogens with one attached hydrogen (secondary N) is 2. The summed E-state index contributed by atoms with van der Waals surface area (Å²) in [5.41, 5.74) is 4.14. The SMILES string of the molecule is O=C1CCC(N2C(=O)c3cccc(NCCCCCCn4cc(-c5cnc6cccc(Cl)c6n5)cn4)c3C2=O)C(=O)N1. The van der Waals surface area contributed by atoms with Crippen molar-refractivity contribution < 1.29 is 19.2 Å². The molecule has 1 unspecified atom stereocenters. The molecule has 4 amide bonds. The lowest BCUT2D eigenvalue weighted by Crippen LogP contribution is -2.54. The van der Waals surface area contributed by atoms with Gasteiger partial charge in [0.25, 0.3) is 11.8 Å². The Bertz CT molecular complexity index is 1720. The Balaban J connectivity index is 0.977. The molecule has 11 nitrogen and oxygen atoms in total. The molecular weight excluding hydrogens is 558 g/mol. The Labute approximate surface area is 246 Å². The molecule has 42 heavy (non-hydrogen) atoms. The molecule has 2 aromatic heterocycles. The fourth-order valence-electron chi connectivity index (χ4n) is 5.39. The third-order valence-corrected chi connectivity index (χ3v) is 7.86. The van der Waals surface area contributed by atoms with Crippen molar-refractivity contribution in [3.63, 3.8) is 0 Å². The summed E-state index contributed by atoms with van der Waals surface area (Å²) >= 11 is 6.28. The first kappa shape index (κ1) is 27.5. The van der Waals surface area contributed by atoms with Gasteiger partial charge in [0.2, 0.25) is 11.8 Å². The first-order chi connectivity index (χ1) is 20.4. The van der Waals surface area contributed by atoms with E-state index in [0.717, 1.165) is 53.9 Å². The number of imide groups is 2. The van der Waals surface area contributed by atoms with Crippen LogP contribution < -0.4 is 10.6 Å². The summed E-state index contributed by atoms with van der Waals surface area (Å²) in [5.74, 6) is -2.03. The molecule has 0 bridgehead atoms. The van der Waals surface area contributed by atoms with Crippen LogP contribution in [0.25, 0.3) is 22.3 Å². The smallest absolute Gasteiger partial charge is 0.264 e. The number of rotatable bonds is 10. The lowest BCUT2D eigenvalue weighted by atomic mass is 10.0. The van der Waals surface area contributed by atoms with E-state index in [1.807, 2.05) is 23.0 Å². The quantitative estimate of drug-likeness (QED) is 0.208. The number of halogens is 1. The largest absolute Gasteiger partial charge is 0.384 e. The van der Waals surface area contributed by atoms with E-state index in [-0.39, 0.29) is 24.0 Å². The number of hydrogen-bond acceptors (Lipinski definition) is 8. The molecular formula is C30H28ClN7O4. The number of hydrogen-bond donors (Lipinski definition) is 2. The van der Waals surface area contributed by atoms with Gasteiger partial charge in [-0.2, -0.15) is 5.10 Å². The van der Waals surface area contributed by atoms with Gasteiger partial charge in [0.05, 0.1) is 39.8 Å². The van der Waals surface area contributed by atoms with Crippen LogP contribution in [0.4, 0.5) is 5.69 Å². The van der Waals surface area contributed by atoms with Gasteiger partial charge in [0.1, 0.15) is 11.6 Å². The number of carbonyl (C=O) groups excluding carboxylic acids is 4. The van der Waals surface area contributed by atoms with Gasteiger partial charge in [-0.1, -0.05) is 36.6 Å². The number of piperidine rings is 1. The molecule has 0 saturated carbocycles. The zero-order chi connectivity index (χ0) is 29.2. The van der Waals surface area contributed by atoms with Gasteiger partial charge in [-0.25, -0.2) is 4.98 Å². The van der Waals surface area contributed by atoms with Crippen molar-refractivity contribution in [2.45, 2.75) is 51.1 Å². The highest BCUT2D eigenvalue weighted by molar-refractivity contribution is 6.34. The van der Waals surface area contributed by atoms with Crippen molar-refractivity contribution in [1.29, 1.82) is 0 Å². The predicted molar refractivity (Wildman–Crippen MR) is 156 cm³/mol. The highest BCUT2D eigenvalue weighted by Crippen LogP contribution is 2.32. The summed E-state index contributed by atoms with van der Waals surface area (Å²) in [4.78, 5) is 60.1. The minimum atomic E-state index is -0.979. The monoisotopic (exact) mass is 585 g/mol. The number of aromatic nitrogens is 4. The second-order valence-corrected chi connectivity index (χ2v) is 10.8. The van der Waals surface area contributed by atoms with Crippen molar-refractivity contribution >= 4 is 52.0 Å². The summed E-state index contributed by atoms with van der Waals surface area (Å²) in [6.45, 7) is 1.40. The summed E-state index contributed by atoms with van der Waals surface area (Å²) in [5, 5.41) is 10.5. The van der Waals surface area contributed by atoms with Crippen LogP contribution in [0.5, 0.6) is 0 Å². The van der Waals surface area contributed by atoms with Gasteiger partial charge in [-0.15, -0.1) is 0 Å². The van der Waals surface area contributed by atoms with Crippen molar-refractivity contribution in [3.8, 4) is 11.3 Å². The third-order valence-electron chi connectivity index (χ3n) is 7.55. The zero-order valence-corrected chi connectivity index (χ0v) is 23.4. The van der Waals surface area contributed by atoms with Crippen LogP contribution in [0.1, 0.15) is 59.2 Å². The highest BCUT2D eigenvalue weighted by Gasteiger charge is 2.45. The molecule has 1 atom stereocenters. The second-order valence-electron chi connectivity index (χ2n) is 10.4. The Morgan fingerprint density at radius 2 is 1.81 bits per heavy atom. The molecule has 0 spiro atoms. The fraction of sp³-hybridized carbons (Fsp3) is 0.300. The third kappa shape index (κ3) is 5.35. The molecule has 214 valence electrons. The molecule has 2 aliphatic heterocycles. The molecule has 4 heterocycles. The number of nitrogens with zero attached hydrogens (tertiary/aromatic N) is 5. The van der Waals surface area contributed by atoms with Crippen molar-refractivity contribution in [3.05, 3.63) is 71.1 Å². The Morgan fingerprint density at radius 1 is 0.976 bits per heavy atom. The van der Waals surface area contributed by atoms with E-state index >= 15 is 0 Å². The topological polar surface area (TPSA) is 139 Å². The maximum atomic E-state index is 13.2.